The SMILES string of the molecule is CCCCCCCCc1ccccc1.CCCCCCc1ccccc1.CCCCCc1cccc(C)c1.CCCCc1ccccc1.CCOCCOCC.CCc1ccccc1.Cc1ccc(C)cc1. The summed E-state index contributed by atoms with van der Waals surface area (Å²) < 4.78 is 10.0. The van der Waals surface area contributed by atoms with Crippen molar-refractivity contribution in [3.05, 3.63) is 214 Å². The third-order valence-electron chi connectivity index (χ3n) is 11.9. The van der Waals surface area contributed by atoms with Crippen molar-refractivity contribution in [1.29, 1.82) is 0 Å². The molecule has 0 saturated carbocycles. The molecule has 0 N–H and O–H groups in total. The minimum atomic E-state index is 0.727. The molecule has 6 rings (SSSR count). The summed E-state index contributed by atoms with van der Waals surface area (Å²) in [4.78, 5) is 0. The molecule has 0 aliphatic heterocycles. The van der Waals surface area contributed by atoms with Gasteiger partial charge in [-0.1, -0.05) is 292 Å². The topological polar surface area (TPSA) is 18.5 Å². The van der Waals surface area contributed by atoms with E-state index in [1.54, 1.807) is 0 Å². The van der Waals surface area contributed by atoms with Crippen LogP contribution in [0.1, 0.15) is 189 Å². The van der Waals surface area contributed by atoms with Crippen molar-refractivity contribution in [2.45, 2.75) is 198 Å². The summed E-state index contributed by atoms with van der Waals surface area (Å²) in [5, 5.41) is 0. The molecule has 0 amide bonds. The summed E-state index contributed by atoms with van der Waals surface area (Å²) in [6.45, 7) is 24.5. The number of aryl methyl sites for hydroxylation is 8. The third-order valence-corrected chi connectivity index (χ3v) is 11.9. The van der Waals surface area contributed by atoms with E-state index in [1.807, 2.05) is 19.9 Å². The van der Waals surface area contributed by atoms with Gasteiger partial charge in [0.15, 0.2) is 0 Å². The van der Waals surface area contributed by atoms with E-state index in [-0.39, 0.29) is 0 Å². The second-order valence-electron chi connectivity index (χ2n) is 18.7. The Hall–Kier alpha value is -4.76. The van der Waals surface area contributed by atoms with Crippen LogP contribution in [-0.4, -0.2) is 26.4 Å². The summed E-state index contributed by atoms with van der Waals surface area (Å²) in [5.41, 5.74) is 11.4. The highest BCUT2D eigenvalue weighted by Gasteiger charge is 1.95. The maximum absolute atomic E-state index is 5.01. The van der Waals surface area contributed by atoms with Crippen LogP contribution in [0.4, 0.5) is 0 Å². The van der Waals surface area contributed by atoms with Crippen molar-refractivity contribution in [2.75, 3.05) is 26.4 Å². The molecule has 0 heterocycles. The zero-order chi connectivity index (χ0) is 52.8. The Balaban J connectivity index is 0.000000825. The lowest BCUT2D eigenvalue weighted by atomic mass is 10.1. The Morgan fingerprint density at radius 2 is 0.569 bits per heavy atom. The first kappa shape index (κ1) is 67.2. The van der Waals surface area contributed by atoms with Crippen LogP contribution in [0.15, 0.2) is 170 Å². The molecular formula is C70H106O2. The largest absolute Gasteiger partial charge is 0.379 e. The Morgan fingerprint density at radius 1 is 0.264 bits per heavy atom. The van der Waals surface area contributed by atoms with E-state index in [2.05, 4.69) is 219 Å². The molecule has 0 saturated heterocycles. The van der Waals surface area contributed by atoms with E-state index < -0.39 is 0 Å². The number of ether oxygens (including phenoxy) is 2. The van der Waals surface area contributed by atoms with Crippen LogP contribution in [0.3, 0.4) is 0 Å². The maximum Gasteiger partial charge on any atom is 0.0700 e. The van der Waals surface area contributed by atoms with Gasteiger partial charge in [0, 0.05) is 13.2 Å². The third kappa shape index (κ3) is 45.1. The molecule has 6 aromatic rings. The first-order valence-corrected chi connectivity index (χ1v) is 28.7. The van der Waals surface area contributed by atoms with Crippen molar-refractivity contribution in [2.24, 2.45) is 0 Å². The molecule has 0 unspecified atom stereocenters. The normalized spacial score (nSPS) is 9.86. The Labute approximate surface area is 445 Å². The zero-order valence-corrected chi connectivity index (χ0v) is 48.0. The fourth-order valence-corrected chi connectivity index (χ4v) is 7.38. The predicted octanol–water partition coefficient (Wildman–Crippen LogP) is 20.8. The molecule has 6 aromatic carbocycles. The van der Waals surface area contributed by atoms with Gasteiger partial charge < -0.3 is 9.47 Å². The van der Waals surface area contributed by atoms with Gasteiger partial charge in [-0.15, -0.1) is 0 Å². The second-order valence-corrected chi connectivity index (χ2v) is 18.7. The van der Waals surface area contributed by atoms with Crippen molar-refractivity contribution in [3.63, 3.8) is 0 Å². The van der Waals surface area contributed by atoms with Gasteiger partial charge in [-0.2, -0.15) is 0 Å². The van der Waals surface area contributed by atoms with Crippen molar-refractivity contribution < 1.29 is 9.47 Å². The molecular weight excluding hydrogens is 873 g/mol. The number of hydrogen-bond acceptors (Lipinski definition) is 2. The molecule has 2 heteroatoms. The number of rotatable bonds is 25. The highest BCUT2D eigenvalue weighted by Crippen LogP contribution is 2.11. The molecule has 0 aliphatic rings. The summed E-state index contributed by atoms with van der Waals surface area (Å²) in [6, 6.07) is 60.0. The van der Waals surface area contributed by atoms with E-state index >= 15 is 0 Å². The minimum Gasteiger partial charge on any atom is -0.379 e. The number of unbranched alkanes of at least 4 members (excludes halogenated alkanes) is 11. The zero-order valence-electron chi connectivity index (χ0n) is 48.0. The van der Waals surface area contributed by atoms with Gasteiger partial charge in [0.05, 0.1) is 13.2 Å². The highest BCUT2D eigenvalue weighted by molar-refractivity contribution is 5.22. The van der Waals surface area contributed by atoms with Gasteiger partial charge in [-0.25, -0.2) is 0 Å². The van der Waals surface area contributed by atoms with Crippen LogP contribution in [0.5, 0.6) is 0 Å². The van der Waals surface area contributed by atoms with Crippen LogP contribution in [0.2, 0.25) is 0 Å². The van der Waals surface area contributed by atoms with Crippen LogP contribution in [0.25, 0.3) is 0 Å². The standard InChI is InChI=1S/C14H22.2C12H18.C10H14.2C8H10.C6H14O2/c1-2-3-4-5-6-8-11-14-12-9-7-10-13-14;1-3-4-5-8-12-9-6-7-11(2)10-12;1-2-3-4-6-9-12-10-7-5-8-11-12;1-2-3-7-10-8-5-4-6-9-10;1-7-3-5-8(2)6-4-7;1-2-8-6-4-3-5-7-8;1-3-7-5-6-8-4-2/h7,9-10,12-13H,2-6,8,11H2,1H3;6-7,9-10H,3-5,8H2,1-2H3;5,7-8,10-11H,2-4,6,9H2,1H3;4-6,8-9H,2-3,7H2,1H3;3-6H,1-2H3;3-7H,2H2,1H3;3-6H2,1-2H3. The van der Waals surface area contributed by atoms with E-state index in [4.69, 9.17) is 9.47 Å². The molecule has 2 nitrogen and oxygen atoms in total. The first-order valence-electron chi connectivity index (χ1n) is 28.7. The summed E-state index contributed by atoms with van der Waals surface area (Å²) in [6.07, 6.45) is 26.5. The van der Waals surface area contributed by atoms with Crippen molar-refractivity contribution in [1.82, 2.24) is 0 Å². The van der Waals surface area contributed by atoms with Gasteiger partial charge in [0.2, 0.25) is 0 Å². The van der Waals surface area contributed by atoms with Gasteiger partial charge in [0.1, 0.15) is 0 Å². The lowest BCUT2D eigenvalue weighted by molar-refractivity contribution is 0.0584. The second kappa shape index (κ2) is 52.6. The highest BCUT2D eigenvalue weighted by atomic mass is 16.5. The predicted molar refractivity (Wildman–Crippen MR) is 322 cm³/mol. The molecule has 0 atom stereocenters. The average Bonchev–Trinajstić information content (AvgIpc) is 3.42. The molecule has 0 aliphatic carbocycles. The maximum atomic E-state index is 5.01. The van der Waals surface area contributed by atoms with Crippen LogP contribution in [-0.2, 0) is 41.6 Å². The Morgan fingerprint density at radius 3 is 0.931 bits per heavy atom. The Bertz CT molecular complexity index is 1900. The van der Waals surface area contributed by atoms with Gasteiger partial charge in [0.25, 0.3) is 0 Å². The summed E-state index contributed by atoms with van der Waals surface area (Å²) >= 11 is 0. The van der Waals surface area contributed by atoms with E-state index in [0.717, 1.165) is 32.8 Å². The molecule has 0 aromatic heterocycles. The van der Waals surface area contributed by atoms with Gasteiger partial charge in [-0.05, 0) is 120 Å². The van der Waals surface area contributed by atoms with E-state index in [0.29, 0.717) is 0 Å². The average molecular weight is 980 g/mol. The van der Waals surface area contributed by atoms with Crippen molar-refractivity contribution in [3.8, 4) is 0 Å². The summed E-state index contributed by atoms with van der Waals surface area (Å²) in [7, 11) is 0. The molecule has 0 bridgehead atoms. The number of hydrogen-bond donors (Lipinski definition) is 0. The fourth-order valence-electron chi connectivity index (χ4n) is 7.38. The van der Waals surface area contributed by atoms with Crippen molar-refractivity contribution >= 4 is 0 Å². The van der Waals surface area contributed by atoms with Crippen LogP contribution in [0, 0.1) is 20.8 Å². The van der Waals surface area contributed by atoms with Crippen LogP contribution < -0.4 is 0 Å². The monoisotopic (exact) mass is 979 g/mol. The van der Waals surface area contributed by atoms with Gasteiger partial charge in [-0.3, -0.25) is 0 Å². The van der Waals surface area contributed by atoms with Crippen LogP contribution >= 0.6 is 0 Å². The lowest BCUT2D eigenvalue weighted by Crippen LogP contribution is -2.02. The molecule has 0 radical (unpaired) electrons. The molecule has 0 fully saturated rings. The molecule has 0 spiro atoms. The lowest BCUT2D eigenvalue weighted by Gasteiger charge is -2.01. The molecule has 398 valence electrons. The molecule has 72 heavy (non-hydrogen) atoms. The fraction of sp³-hybridized carbons (Fsp3) is 0.486. The Kier molecular flexibility index (Phi) is 49.1. The van der Waals surface area contributed by atoms with E-state index in [1.165, 1.54) is 167 Å². The summed E-state index contributed by atoms with van der Waals surface area (Å²) in [5.74, 6) is 0. The smallest absolute Gasteiger partial charge is 0.0700 e. The van der Waals surface area contributed by atoms with E-state index in [9.17, 15) is 0 Å². The number of benzene rings is 6. The first-order chi connectivity index (χ1) is 35.3. The minimum absolute atomic E-state index is 0.727. The van der Waals surface area contributed by atoms with Gasteiger partial charge >= 0.3 is 0 Å². The quantitative estimate of drug-likeness (QED) is 0.0532.